The molecule has 0 aliphatic heterocycles. The van der Waals surface area contributed by atoms with Crippen molar-refractivity contribution in [2.75, 3.05) is 12.3 Å². The predicted molar refractivity (Wildman–Crippen MR) is 102 cm³/mol. The van der Waals surface area contributed by atoms with E-state index >= 15 is 0 Å². The molecule has 0 bridgehead atoms. The molecule has 0 fully saturated rings. The van der Waals surface area contributed by atoms with E-state index in [2.05, 4.69) is 0 Å². The number of fused-ring (bicyclic) bond motifs is 3. The number of esters is 1. The summed E-state index contributed by atoms with van der Waals surface area (Å²) in [5.41, 5.74) is 10.1. The molecule has 5 heteroatoms. The van der Waals surface area contributed by atoms with E-state index < -0.39 is 11.9 Å². The van der Waals surface area contributed by atoms with Crippen molar-refractivity contribution in [1.82, 2.24) is 0 Å². The van der Waals surface area contributed by atoms with Gasteiger partial charge in [-0.2, -0.15) is 0 Å². The fourth-order valence-corrected chi connectivity index (χ4v) is 3.65. The van der Waals surface area contributed by atoms with Gasteiger partial charge in [0.15, 0.2) is 0 Å². The summed E-state index contributed by atoms with van der Waals surface area (Å²) in [6.45, 7) is 0.111. The first-order valence-electron chi connectivity index (χ1n) is 8.55. The third kappa shape index (κ3) is 2.83. The smallest absolute Gasteiger partial charge is 0.341 e. The van der Waals surface area contributed by atoms with Crippen LogP contribution < -0.4 is 5.73 Å². The third-order valence-electron chi connectivity index (χ3n) is 4.87. The van der Waals surface area contributed by atoms with Crippen molar-refractivity contribution < 1.29 is 19.4 Å². The Bertz CT molecular complexity index is 1010. The molecule has 0 spiro atoms. The van der Waals surface area contributed by atoms with E-state index in [-0.39, 0.29) is 29.3 Å². The number of carbonyl (C=O) groups is 2. The molecule has 134 valence electrons. The van der Waals surface area contributed by atoms with E-state index in [4.69, 9.17) is 10.5 Å². The molecule has 3 N–H and O–H groups in total. The van der Waals surface area contributed by atoms with Gasteiger partial charge in [0.05, 0.1) is 11.1 Å². The number of hydrogen-bond acceptors (Lipinski definition) is 4. The highest BCUT2D eigenvalue weighted by Gasteiger charge is 2.30. The van der Waals surface area contributed by atoms with Gasteiger partial charge < -0.3 is 15.6 Å². The molecule has 1 aliphatic carbocycles. The van der Waals surface area contributed by atoms with Gasteiger partial charge in [-0.05, 0) is 34.4 Å². The quantitative estimate of drug-likeness (QED) is 0.544. The second kappa shape index (κ2) is 6.61. The minimum atomic E-state index is -1.22. The predicted octanol–water partition coefficient (Wildman–Crippen LogP) is 3.94. The lowest BCUT2D eigenvalue weighted by molar-refractivity contribution is 0.0485. The number of rotatable bonds is 4. The average Bonchev–Trinajstić information content (AvgIpc) is 3.00. The fraction of sp³-hybridized carbons (Fsp3) is 0.0909. The molecule has 5 nitrogen and oxygen atoms in total. The van der Waals surface area contributed by atoms with Crippen LogP contribution in [0.25, 0.3) is 11.1 Å². The van der Waals surface area contributed by atoms with Gasteiger partial charge in [0.1, 0.15) is 6.61 Å². The van der Waals surface area contributed by atoms with Gasteiger partial charge in [-0.3, -0.25) is 0 Å². The van der Waals surface area contributed by atoms with Gasteiger partial charge in [0.2, 0.25) is 0 Å². The Labute approximate surface area is 156 Å². The lowest BCUT2D eigenvalue weighted by Gasteiger charge is -2.15. The van der Waals surface area contributed by atoms with Crippen molar-refractivity contribution in [3.8, 4) is 11.1 Å². The largest absolute Gasteiger partial charge is 0.478 e. The molecule has 0 saturated heterocycles. The molecule has 3 aromatic carbocycles. The highest BCUT2D eigenvalue weighted by molar-refractivity contribution is 6.06. The van der Waals surface area contributed by atoms with Crippen LogP contribution in [0.2, 0.25) is 0 Å². The molecule has 0 aromatic heterocycles. The number of benzene rings is 3. The second-order valence-electron chi connectivity index (χ2n) is 6.40. The summed E-state index contributed by atoms with van der Waals surface area (Å²) in [6.07, 6.45) is 0. The van der Waals surface area contributed by atoms with Gasteiger partial charge in [-0.25, -0.2) is 9.59 Å². The van der Waals surface area contributed by atoms with E-state index in [0.717, 1.165) is 22.3 Å². The van der Waals surface area contributed by atoms with Crippen molar-refractivity contribution in [3.05, 3.63) is 89.0 Å². The van der Waals surface area contributed by atoms with Crippen LogP contribution in [-0.2, 0) is 4.74 Å². The van der Waals surface area contributed by atoms with E-state index in [0.29, 0.717) is 0 Å². The fourth-order valence-electron chi connectivity index (χ4n) is 3.65. The standard InChI is InChI=1S/C22H17NO4/c23-19-11-5-10-17(21(24)25)20(19)22(26)27-12-18-15-8-3-1-6-13(15)14-7-2-4-9-16(14)18/h1-11,18H,12,23H2,(H,24,25). The van der Waals surface area contributed by atoms with Crippen LogP contribution in [0.4, 0.5) is 5.69 Å². The van der Waals surface area contributed by atoms with Crippen LogP contribution in [0.3, 0.4) is 0 Å². The van der Waals surface area contributed by atoms with Gasteiger partial charge in [-0.1, -0.05) is 54.6 Å². The summed E-state index contributed by atoms with van der Waals surface area (Å²) in [5.74, 6) is -2.04. The molecule has 0 heterocycles. The second-order valence-corrected chi connectivity index (χ2v) is 6.40. The summed E-state index contributed by atoms with van der Waals surface area (Å²) >= 11 is 0. The summed E-state index contributed by atoms with van der Waals surface area (Å²) in [6, 6.07) is 20.3. The van der Waals surface area contributed by atoms with Crippen LogP contribution in [0.15, 0.2) is 66.7 Å². The van der Waals surface area contributed by atoms with E-state index in [1.165, 1.54) is 18.2 Å². The van der Waals surface area contributed by atoms with E-state index in [9.17, 15) is 14.7 Å². The summed E-state index contributed by atoms with van der Waals surface area (Å²) in [5, 5.41) is 9.32. The van der Waals surface area contributed by atoms with Crippen LogP contribution in [-0.4, -0.2) is 23.7 Å². The maximum absolute atomic E-state index is 12.6. The maximum atomic E-state index is 12.6. The highest BCUT2D eigenvalue weighted by Crippen LogP contribution is 2.44. The van der Waals surface area contributed by atoms with E-state index in [1.807, 2.05) is 48.5 Å². The average molecular weight is 359 g/mol. The van der Waals surface area contributed by atoms with Gasteiger partial charge >= 0.3 is 11.9 Å². The van der Waals surface area contributed by atoms with Crippen LogP contribution in [0.5, 0.6) is 0 Å². The summed E-state index contributed by atoms with van der Waals surface area (Å²) < 4.78 is 5.52. The van der Waals surface area contributed by atoms with Crippen LogP contribution in [0.1, 0.15) is 37.8 Å². The van der Waals surface area contributed by atoms with Crippen molar-refractivity contribution >= 4 is 17.6 Å². The number of ether oxygens (including phenoxy) is 1. The van der Waals surface area contributed by atoms with Crippen molar-refractivity contribution in [2.24, 2.45) is 0 Å². The topological polar surface area (TPSA) is 89.6 Å². The molecule has 3 aromatic rings. The monoisotopic (exact) mass is 359 g/mol. The van der Waals surface area contributed by atoms with Gasteiger partial charge in [0, 0.05) is 11.6 Å². The molecular weight excluding hydrogens is 342 g/mol. The number of aromatic carboxylic acids is 1. The minimum Gasteiger partial charge on any atom is -0.478 e. The lowest BCUT2D eigenvalue weighted by atomic mass is 9.98. The first-order chi connectivity index (χ1) is 13.1. The molecule has 27 heavy (non-hydrogen) atoms. The third-order valence-corrected chi connectivity index (χ3v) is 4.87. The first-order valence-corrected chi connectivity index (χ1v) is 8.55. The molecule has 1 aliphatic rings. The first kappa shape index (κ1) is 16.8. The highest BCUT2D eigenvalue weighted by atomic mass is 16.5. The minimum absolute atomic E-state index is 0.0899. The molecular formula is C22H17NO4. The molecule has 0 saturated carbocycles. The van der Waals surface area contributed by atoms with Crippen LogP contribution >= 0.6 is 0 Å². The zero-order chi connectivity index (χ0) is 19.0. The normalized spacial score (nSPS) is 12.3. The van der Waals surface area contributed by atoms with Crippen molar-refractivity contribution in [1.29, 1.82) is 0 Å². The van der Waals surface area contributed by atoms with Gasteiger partial charge in [0.25, 0.3) is 0 Å². The number of nitrogens with two attached hydrogens (primary N) is 1. The molecule has 0 amide bonds. The summed E-state index contributed by atoms with van der Waals surface area (Å²) in [7, 11) is 0. The number of carboxylic acids is 1. The Hall–Kier alpha value is -3.60. The van der Waals surface area contributed by atoms with Crippen molar-refractivity contribution in [2.45, 2.75) is 5.92 Å². The summed E-state index contributed by atoms with van der Waals surface area (Å²) in [4.78, 5) is 24.0. The van der Waals surface area contributed by atoms with E-state index in [1.54, 1.807) is 0 Å². The maximum Gasteiger partial charge on any atom is 0.341 e. The van der Waals surface area contributed by atoms with Gasteiger partial charge in [-0.15, -0.1) is 0 Å². The Morgan fingerprint density at radius 1 is 0.889 bits per heavy atom. The number of hydrogen-bond donors (Lipinski definition) is 2. The Morgan fingerprint density at radius 2 is 1.48 bits per heavy atom. The van der Waals surface area contributed by atoms with Crippen LogP contribution in [0, 0.1) is 0 Å². The number of carbonyl (C=O) groups excluding carboxylic acids is 1. The Balaban J connectivity index is 1.64. The lowest BCUT2D eigenvalue weighted by Crippen LogP contribution is -2.17. The number of anilines is 1. The molecule has 4 rings (SSSR count). The SMILES string of the molecule is Nc1cccc(C(=O)O)c1C(=O)OCC1c2ccccc2-c2ccccc21. The molecule has 0 radical (unpaired) electrons. The number of nitrogen functional groups attached to an aromatic ring is 1. The zero-order valence-corrected chi connectivity index (χ0v) is 14.4. The Morgan fingerprint density at radius 3 is 2.07 bits per heavy atom. The molecule has 0 unspecified atom stereocenters. The molecule has 0 atom stereocenters. The van der Waals surface area contributed by atoms with Crippen molar-refractivity contribution in [3.63, 3.8) is 0 Å². The zero-order valence-electron chi connectivity index (χ0n) is 14.4. The number of carboxylic acid groups (broad SMARTS) is 1. The Kier molecular flexibility index (Phi) is 4.12.